The fraction of sp³-hybridized carbons (Fsp3) is 0.320. The van der Waals surface area contributed by atoms with E-state index in [1.54, 1.807) is 0 Å². The quantitative estimate of drug-likeness (QED) is 0.654. The van der Waals surface area contributed by atoms with Crippen molar-refractivity contribution in [1.82, 2.24) is 24.5 Å². The molecule has 5 rings (SSSR count). The number of anilines is 1. The van der Waals surface area contributed by atoms with Gasteiger partial charge in [-0.3, -0.25) is 5.01 Å². The van der Waals surface area contributed by atoms with Crippen molar-refractivity contribution in [2.75, 3.05) is 18.9 Å². The second-order valence-corrected chi connectivity index (χ2v) is 8.63. The summed E-state index contributed by atoms with van der Waals surface area (Å²) in [6.45, 7) is 11.2. The average Bonchev–Trinajstić information content (AvgIpc) is 3.11. The summed E-state index contributed by atoms with van der Waals surface area (Å²) in [6.07, 6.45) is 6.05. The van der Waals surface area contributed by atoms with Crippen LogP contribution in [0.3, 0.4) is 0 Å². The number of imidazole rings is 1. The fourth-order valence-corrected chi connectivity index (χ4v) is 4.61. The third kappa shape index (κ3) is 3.13. The van der Waals surface area contributed by atoms with Crippen molar-refractivity contribution in [2.24, 2.45) is 5.10 Å². The number of hydrogen-bond donors (Lipinski definition) is 1. The van der Waals surface area contributed by atoms with Crippen molar-refractivity contribution in [2.45, 2.75) is 40.7 Å². The highest BCUT2D eigenvalue weighted by atomic mass is 15.4. The Kier molecular flexibility index (Phi) is 4.72. The monoisotopic (exact) mass is 425 g/mol. The smallest absolute Gasteiger partial charge is 0.177 e. The molecule has 2 aliphatic heterocycles. The van der Waals surface area contributed by atoms with Crippen molar-refractivity contribution >= 4 is 34.0 Å². The maximum absolute atomic E-state index is 4.76. The van der Waals surface area contributed by atoms with Crippen LogP contribution in [0.1, 0.15) is 56.3 Å². The minimum Gasteiger partial charge on any atom is -0.366 e. The zero-order chi connectivity index (χ0) is 22.6. The number of hydrazone groups is 1. The number of pyridine rings is 2. The molecule has 0 aromatic carbocycles. The van der Waals surface area contributed by atoms with Crippen LogP contribution in [0.5, 0.6) is 0 Å². The van der Waals surface area contributed by atoms with E-state index < -0.39 is 0 Å². The molecular formula is C25H27N7. The van der Waals surface area contributed by atoms with Crippen LogP contribution in [0, 0.1) is 6.92 Å². The molecule has 0 amide bonds. The first kappa shape index (κ1) is 20.2. The second-order valence-electron chi connectivity index (χ2n) is 8.63. The lowest BCUT2D eigenvalue weighted by Gasteiger charge is -2.23. The largest absolute Gasteiger partial charge is 0.366 e. The summed E-state index contributed by atoms with van der Waals surface area (Å²) >= 11 is 0. The Morgan fingerprint density at radius 1 is 1.06 bits per heavy atom. The lowest BCUT2D eigenvalue weighted by atomic mass is 9.92. The van der Waals surface area contributed by atoms with Crippen LogP contribution < -0.4 is 5.32 Å². The van der Waals surface area contributed by atoms with E-state index in [4.69, 9.17) is 4.98 Å². The van der Waals surface area contributed by atoms with Gasteiger partial charge in [0.25, 0.3) is 0 Å². The number of nitrogens with zero attached hydrogens (tertiary/aromatic N) is 6. The van der Waals surface area contributed by atoms with E-state index in [2.05, 4.69) is 69.8 Å². The molecule has 3 aromatic heterocycles. The number of hydrogen-bond acceptors (Lipinski definition) is 6. The molecule has 3 aromatic rings. The zero-order valence-corrected chi connectivity index (χ0v) is 19.4. The van der Waals surface area contributed by atoms with Gasteiger partial charge in [0.2, 0.25) is 0 Å². The van der Waals surface area contributed by atoms with E-state index in [0.29, 0.717) is 6.04 Å². The maximum Gasteiger partial charge on any atom is 0.177 e. The van der Waals surface area contributed by atoms with E-state index in [-0.39, 0.29) is 0 Å². The summed E-state index contributed by atoms with van der Waals surface area (Å²) in [4.78, 5) is 14.1. The molecule has 7 nitrogen and oxygen atoms in total. The third-order valence-electron chi connectivity index (χ3n) is 6.18. The van der Waals surface area contributed by atoms with Crippen LogP contribution in [0.4, 0.5) is 5.82 Å². The van der Waals surface area contributed by atoms with Gasteiger partial charge in [0.05, 0.1) is 5.52 Å². The first-order valence-electron chi connectivity index (χ1n) is 10.9. The second kappa shape index (κ2) is 7.46. The van der Waals surface area contributed by atoms with Gasteiger partial charge in [-0.25, -0.2) is 15.0 Å². The standard InChI is InChI=1S/C25H27N7/c1-14(2)32-17(5)30-25-22(32)10-18(12-28-25)20-7-8-26-24-21(20)9-19(13-27-24)23-15(3)11-29-31(6)16(23)4/h7,9-10,12-14H,8H2,1-6H3,(H,26,27). The Labute approximate surface area is 187 Å². The van der Waals surface area contributed by atoms with Gasteiger partial charge >= 0.3 is 0 Å². The normalized spacial score (nSPS) is 15.8. The SMILES string of the molecule is CC1=C=NN(C)C(C)=C1c1cnc2c(c1)C(c1cnc3nc(C)n(C(C)C)c3c1)=CCN2. The van der Waals surface area contributed by atoms with Crippen molar-refractivity contribution in [3.63, 3.8) is 0 Å². The molecule has 2 aliphatic rings. The van der Waals surface area contributed by atoms with Gasteiger partial charge in [-0.05, 0) is 52.3 Å². The maximum atomic E-state index is 4.76. The summed E-state index contributed by atoms with van der Waals surface area (Å²) < 4.78 is 2.24. The molecule has 5 heterocycles. The molecule has 0 aliphatic carbocycles. The fourth-order valence-electron chi connectivity index (χ4n) is 4.61. The van der Waals surface area contributed by atoms with E-state index in [1.165, 1.54) is 0 Å². The van der Waals surface area contributed by atoms with Crippen LogP contribution in [0.15, 0.2) is 47.0 Å². The molecule has 0 unspecified atom stereocenters. The number of rotatable bonds is 3. The van der Waals surface area contributed by atoms with Crippen LogP contribution >= 0.6 is 0 Å². The number of fused-ring (bicyclic) bond motifs is 2. The number of aryl methyl sites for hydroxylation is 1. The summed E-state index contributed by atoms with van der Waals surface area (Å²) in [5.41, 5.74) is 9.38. The van der Waals surface area contributed by atoms with Crippen molar-refractivity contribution in [1.29, 1.82) is 0 Å². The average molecular weight is 426 g/mol. The van der Waals surface area contributed by atoms with E-state index in [1.807, 2.05) is 38.3 Å². The number of allylic oxidation sites excluding steroid dienone is 3. The van der Waals surface area contributed by atoms with Gasteiger partial charge in [0.1, 0.15) is 11.6 Å². The van der Waals surface area contributed by atoms with Gasteiger partial charge in [0.15, 0.2) is 5.65 Å². The molecule has 0 radical (unpaired) electrons. The van der Waals surface area contributed by atoms with Crippen LogP contribution in [-0.2, 0) is 0 Å². The predicted octanol–water partition coefficient (Wildman–Crippen LogP) is 4.78. The molecular weight excluding hydrogens is 398 g/mol. The first-order chi connectivity index (χ1) is 15.3. The van der Waals surface area contributed by atoms with Crippen molar-refractivity contribution in [3.05, 3.63) is 64.4 Å². The Morgan fingerprint density at radius 3 is 2.62 bits per heavy atom. The minimum atomic E-state index is 0.314. The molecule has 0 saturated carbocycles. The predicted molar refractivity (Wildman–Crippen MR) is 129 cm³/mol. The summed E-state index contributed by atoms with van der Waals surface area (Å²) in [5, 5.41) is 9.55. The van der Waals surface area contributed by atoms with Gasteiger partial charge in [-0.1, -0.05) is 6.08 Å². The summed E-state index contributed by atoms with van der Waals surface area (Å²) in [6, 6.07) is 4.72. The van der Waals surface area contributed by atoms with Crippen LogP contribution in [-0.4, -0.2) is 44.0 Å². The zero-order valence-electron chi connectivity index (χ0n) is 19.4. The first-order valence-corrected chi connectivity index (χ1v) is 10.9. The van der Waals surface area contributed by atoms with Gasteiger partial charge < -0.3 is 9.88 Å². The Balaban J connectivity index is 1.65. The minimum absolute atomic E-state index is 0.314. The van der Waals surface area contributed by atoms with Crippen LogP contribution in [0.2, 0.25) is 0 Å². The lowest BCUT2D eigenvalue weighted by Crippen LogP contribution is -2.15. The topological polar surface area (TPSA) is 71.2 Å². The third-order valence-corrected chi connectivity index (χ3v) is 6.18. The molecule has 0 bridgehead atoms. The molecule has 0 atom stereocenters. The molecule has 0 spiro atoms. The van der Waals surface area contributed by atoms with Crippen LogP contribution in [0.25, 0.3) is 22.3 Å². The molecule has 162 valence electrons. The molecule has 0 fully saturated rings. The molecule has 32 heavy (non-hydrogen) atoms. The van der Waals surface area contributed by atoms with E-state index in [9.17, 15) is 0 Å². The highest BCUT2D eigenvalue weighted by Gasteiger charge is 2.21. The highest BCUT2D eigenvalue weighted by Crippen LogP contribution is 2.36. The number of aromatic nitrogens is 4. The lowest BCUT2D eigenvalue weighted by molar-refractivity contribution is 0.450. The molecule has 0 saturated heterocycles. The summed E-state index contributed by atoms with van der Waals surface area (Å²) in [5.74, 6) is 4.97. The van der Waals surface area contributed by atoms with E-state index in [0.717, 1.165) is 68.5 Å². The summed E-state index contributed by atoms with van der Waals surface area (Å²) in [7, 11) is 1.94. The number of nitrogens with one attached hydrogen (secondary N) is 1. The van der Waals surface area contributed by atoms with E-state index >= 15 is 0 Å². The molecule has 7 heteroatoms. The van der Waals surface area contributed by atoms with Gasteiger partial charge in [-0.2, -0.15) is 0 Å². The van der Waals surface area contributed by atoms with Crippen molar-refractivity contribution < 1.29 is 0 Å². The van der Waals surface area contributed by atoms with Gasteiger partial charge in [0, 0.05) is 71.4 Å². The Hall–Kier alpha value is -3.70. The Bertz CT molecular complexity index is 1380. The van der Waals surface area contributed by atoms with Gasteiger partial charge in [-0.15, -0.1) is 5.10 Å². The Morgan fingerprint density at radius 2 is 1.84 bits per heavy atom. The molecule has 1 N–H and O–H groups in total. The van der Waals surface area contributed by atoms with Crippen molar-refractivity contribution in [3.8, 4) is 0 Å². The highest BCUT2D eigenvalue weighted by molar-refractivity contribution is 5.94.